The summed E-state index contributed by atoms with van der Waals surface area (Å²) in [5.41, 5.74) is 0.805. The van der Waals surface area contributed by atoms with Crippen LogP contribution in [0.4, 0.5) is 4.39 Å². The maximum atomic E-state index is 13.6. The van der Waals surface area contributed by atoms with Gasteiger partial charge in [0.15, 0.2) is 0 Å². The Hall–Kier alpha value is -2.68. The second-order valence-corrected chi connectivity index (χ2v) is 4.01. The summed E-state index contributed by atoms with van der Waals surface area (Å²) >= 11 is 0. The lowest BCUT2D eigenvalue weighted by Crippen LogP contribution is -2.05. The Bertz CT molecular complexity index is 713. The molecule has 1 N–H and O–H groups in total. The van der Waals surface area contributed by atoms with Crippen molar-refractivity contribution in [3.63, 3.8) is 0 Å². The van der Waals surface area contributed by atoms with Crippen molar-refractivity contribution in [1.82, 2.24) is 9.78 Å². The number of nitriles is 1. The number of hydrogen-bond donors (Lipinski definition) is 1. The third kappa shape index (κ3) is 1.95. The van der Waals surface area contributed by atoms with Crippen LogP contribution in [0.2, 0.25) is 0 Å². The van der Waals surface area contributed by atoms with Gasteiger partial charge in [-0.25, -0.2) is 13.9 Å². The first-order valence-electron chi connectivity index (χ1n) is 5.46. The van der Waals surface area contributed by atoms with Crippen LogP contribution in [0.3, 0.4) is 0 Å². The molecular weight excluding hydrogens is 249 g/mol. The molecule has 0 aliphatic heterocycles. The van der Waals surface area contributed by atoms with Gasteiger partial charge in [-0.15, -0.1) is 0 Å². The van der Waals surface area contributed by atoms with E-state index in [1.807, 2.05) is 0 Å². The topological polar surface area (TPSA) is 78.9 Å². The first-order valence-corrected chi connectivity index (χ1v) is 5.46. The molecule has 5 nitrogen and oxygen atoms in total. The van der Waals surface area contributed by atoms with Gasteiger partial charge < -0.3 is 5.11 Å². The number of carbonyl (C=O) groups is 1. The molecule has 19 heavy (non-hydrogen) atoms. The predicted molar refractivity (Wildman–Crippen MR) is 64.7 cm³/mol. The summed E-state index contributed by atoms with van der Waals surface area (Å²) in [5.74, 6) is -1.76. The molecule has 0 radical (unpaired) electrons. The van der Waals surface area contributed by atoms with Crippen molar-refractivity contribution in [1.29, 1.82) is 5.26 Å². The molecule has 0 saturated heterocycles. The summed E-state index contributed by atoms with van der Waals surface area (Å²) in [6, 6.07) is 5.90. The van der Waals surface area contributed by atoms with Gasteiger partial charge in [-0.05, 0) is 26.0 Å². The summed E-state index contributed by atoms with van der Waals surface area (Å²) in [6.45, 7) is 3.12. The van der Waals surface area contributed by atoms with Crippen molar-refractivity contribution >= 4 is 5.97 Å². The molecule has 1 heterocycles. The number of aryl methyl sites for hydroxylation is 1. The molecule has 0 amide bonds. The Balaban J connectivity index is 2.75. The van der Waals surface area contributed by atoms with Crippen molar-refractivity contribution in [3.8, 4) is 11.8 Å². The zero-order valence-electron chi connectivity index (χ0n) is 10.3. The number of carboxylic acids is 1. The van der Waals surface area contributed by atoms with Gasteiger partial charge in [-0.2, -0.15) is 10.4 Å². The maximum Gasteiger partial charge on any atom is 0.339 e. The zero-order valence-corrected chi connectivity index (χ0v) is 10.3. The molecular formula is C13H10FN3O2. The highest BCUT2D eigenvalue weighted by atomic mass is 19.1. The molecule has 96 valence electrons. The molecule has 0 atom stereocenters. The standard InChI is InChI=1S/C13H10FN3O2/c1-7-12(13(18)19)8(2)17(16-7)11-5-3-4-10(14)9(11)6-15/h3-5H,1-2H3,(H,18,19). The van der Waals surface area contributed by atoms with E-state index in [0.29, 0.717) is 11.4 Å². The normalized spacial score (nSPS) is 10.2. The van der Waals surface area contributed by atoms with Gasteiger partial charge in [-0.1, -0.05) is 6.07 Å². The van der Waals surface area contributed by atoms with Crippen LogP contribution in [0.1, 0.15) is 27.3 Å². The molecule has 0 aliphatic rings. The summed E-state index contributed by atoms with van der Waals surface area (Å²) in [5, 5.41) is 22.2. The quantitative estimate of drug-likeness (QED) is 0.896. The van der Waals surface area contributed by atoms with Crippen LogP contribution in [-0.4, -0.2) is 20.9 Å². The van der Waals surface area contributed by atoms with E-state index in [-0.39, 0.29) is 16.8 Å². The van der Waals surface area contributed by atoms with Crippen molar-refractivity contribution in [3.05, 3.63) is 46.5 Å². The van der Waals surface area contributed by atoms with E-state index < -0.39 is 11.8 Å². The van der Waals surface area contributed by atoms with E-state index in [1.54, 1.807) is 19.9 Å². The van der Waals surface area contributed by atoms with Crippen molar-refractivity contribution < 1.29 is 14.3 Å². The lowest BCUT2D eigenvalue weighted by Gasteiger charge is -2.07. The Morgan fingerprint density at radius 2 is 2.16 bits per heavy atom. The first kappa shape index (κ1) is 12.8. The fourth-order valence-corrected chi connectivity index (χ4v) is 1.99. The SMILES string of the molecule is Cc1nn(-c2cccc(F)c2C#N)c(C)c1C(=O)O. The number of rotatable bonds is 2. The maximum absolute atomic E-state index is 13.6. The lowest BCUT2D eigenvalue weighted by molar-refractivity contribution is 0.0695. The number of aromatic carboxylic acids is 1. The van der Waals surface area contributed by atoms with Gasteiger partial charge in [0.25, 0.3) is 0 Å². The second kappa shape index (κ2) is 4.53. The molecule has 0 aliphatic carbocycles. The number of hydrogen-bond acceptors (Lipinski definition) is 3. The lowest BCUT2D eigenvalue weighted by atomic mass is 10.1. The summed E-state index contributed by atoms with van der Waals surface area (Å²) in [6.07, 6.45) is 0. The minimum Gasteiger partial charge on any atom is -0.478 e. The molecule has 2 aromatic rings. The molecule has 0 saturated carbocycles. The summed E-state index contributed by atoms with van der Waals surface area (Å²) in [4.78, 5) is 11.1. The fraction of sp³-hybridized carbons (Fsp3) is 0.154. The minimum atomic E-state index is -1.10. The van der Waals surface area contributed by atoms with Crippen LogP contribution in [-0.2, 0) is 0 Å². The van der Waals surface area contributed by atoms with Gasteiger partial charge in [0.1, 0.15) is 23.0 Å². The molecule has 6 heteroatoms. The highest BCUT2D eigenvalue weighted by Crippen LogP contribution is 2.22. The zero-order chi connectivity index (χ0) is 14.2. The summed E-state index contributed by atoms with van der Waals surface area (Å²) < 4.78 is 14.8. The van der Waals surface area contributed by atoms with Gasteiger partial charge in [0.2, 0.25) is 0 Å². The average Bonchev–Trinajstić information content (AvgIpc) is 2.64. The number of benzene rings is 1. The van der Waals surface area contributed by atoms with E-state index in [2.05, 4.69) is 5.10 Å². The Morgan fingerprint density at radius 1 is 1.47 bits per heavy atom. The highest BCUT2D eigenvalue weighted by Gasteiger charge is 2.20. The van der Waals surface area contributed by atoms with E-state index in [9.17, 15) is 9.18 Å². The third-order valence-electron chi connectivity index (χ3n) is 2.84. The Labute approximate surface area is 108 Å². The Morgan fingerprint density at radius 3 is 2.68 bits per heavy atom. The highest BCUT2D eigenvalue weighted by molar-refractivity contribution is 5.90. The molecule has 1 aromatic heterocycles. The van der Waals surface area contributed by atoms with E-state index in [4.69, 9.17) is 10.4 Å². The van der Waals surface area contributed by atoms with Crippen LogP contribution >= 0.6 is 0 Å². The number of aromatic nitrogens is 2. The molecule has 2 rings (SSSR count). The smallest absolute Gasteiger partial charge is 0.339 e. The molecule has 0 bridgehead atoms. The number of carboxylic acid groups (broad SMARTS) is 1. The van der Waals surface area contributed by atoms with Crippen LogP contribution in [0, 0.1) is 31.0 Å². The van der Waals surface area contributed by atoms with E-state index in [1.165, 1.54) is 22.9 Å². The van der Waals surface area contributed by atoms with Gasteiger partial charge in [0, 0.05) is 0 Å². The van der Waals surface area contributed by atoms with Gasteiger partial charge in [-0.3, -0.25) is 0 Å². The molecule has 0 fully saturated rings. The number of halogens is 1. The fourth-order valence-electron chi connectivity index (χ4n) is 1.99. The van der Waals surface area contributed by atoms with Gasteiger partial charge >= 0.3 is 5.97 Å². The second-order valence-electron chi connectivity index (χ2n) is 4.01. The third-order valence-corrected chi connectivity index (χ3v) is 2.84. The van der Waals surface area contributed by atoms with Crippen LogP contribution in [0.5, 0.6) is 0 Å². The summed E-state index contributed by atoms with van der Waals surface area (Å²) in [7, 11) is 0. The molecule has 0 spiro atoms. The van der Waals surface area contributed by atoms with Crippen molar-refractivity contribution in [2.45, 2.75) is 13.8 Å². The first-order chi connectivity index (χ1) is 8.97. The van der Waals surface area contributed by atoms with Crippen molar-refractivity contribution in [2.24, 2.45) is 0 Å². The van der Waals surface area contributed by atoms with Gasteiger partial charge in [0.05, 0.1) is 17.1 Å². The monoisotopic (exact) mass is 259 g/mol. The predicted octanol–water partition coefficient (Wildman–Crippen LogP) is 2.20. The molecule has 1 aromatic carbocycles. The van der Waals surface area contributed by atoms with E-state index in [0.717, 1.165) is 0 Å². The van der Waals surface area contributed by atoms with Crippen LogP contribution in [0.15, 0.2) is 18.2 Å². The van der Waals surface area contributed by atoms with Crippen LogP contribution in [0.25, 0.3) is 5.69 Å². The van der Waals surface area contributed by atoms with Crippen LogP contribution < -0.4 is 0 Å². The van der Waals surface area contributed by atoms with Crippen molar-refractivity contribution in [2.75, 3.05) is 0 Å². The largest absolute Gasteiger partial charge is 0.478 e. The number of nitrogens with zero attached hydrogens (tertiary/aromatic N) is 3. The molecule has 0 unspecified atom stereocenters. The minimum absolute atomic E-state index is 0.0631. The Kier molecular flexibility index (Phi) is 3.05. The average molecular weight is 259 g/mol. The van der Waals surface area contributed by atoms with E-state index >= 15 is 0 Å².